The maximum absolute atomic E-state index is 13.2. The van der Waals surface area contributed by atoms with Crippen LogP contribution in [-0.4, -0.2) is 44.3 Å². The minimum absolute atomic E-state index is 0.00511. The van der Waals surface area contributed by atoms with E-state index in [9.17, 15) is 17.6 Å². The van der Waals surface area contributed by atoms with Gasteiger partial charge in [0.2, 0.25) is 15.9 Å². The van der Waals surface area contributed by atoms with Gasteiger partial charge in [-0.2, -0.15) is 4.31 Å². The molecule has 4 rings (SSSR count). The molecule has 2 aliphatic rings. The van der Waals surface area contributed by atoms with Crippen molar-refractivity contribution < 1.29 is 17.6 Å². The zero-order valence-electron chi connectivity index (χ0n) is 16.8. The normalized spacial score (nSPS) is 20.3. The summed E-state index contributed by atoms with van der Waals surface area (Å²) in [5.41, 5.74) is 1.78. The number of nitrogens with zero attached hydrogens (tertiary/aromatic N) is 2. The second-order valence-corrected chi connectivity index (χ2v) is 9.70. The number of hydrogen-bond donors (Lipinski definition) is 1. The van der Waals surface area contributed by atoms with E-state index in [0.717, 1.165) is 30.9 Å². The van der Waals surface area contributed by atoms with E-state index in [1.54, 1.807) is 0 Å². The molecular weight excluding hydrogens is 405 g/mol. The number of hydrogen-bond acceptors (Lipinski definition) is 4. The molecule has 1 amide bonds. The first kappa shape index (κ1) is 20.8. The Balaban J connectivity index is 1.45. The van der Waals surface area contributed by atoms with Crippen LogP contribution in [0.15, 0.2) is 53.4 Å². The van der Waals surface area contributed by atoms with Gasteiger partial charge < -0.3 is 10.2 Å². The molecule has 30 heavy (non-hydrogen) atoms. The average Bonchev–Trinajstić information content (AvgIpc) is 3.26. The quantitative estimate of drug-likeness (QED) is 0.785. The summed E-state index contributed by atoms with van der Waals surface area (Å²) in [6.07, 6.45) is 4.71. The van der Waals surface area contributed by atoms with Gasteiger partial charge in [-0.25, -0.2) is 12.8 Å². The fourth-order valence-corrected chi connectivity index (χ4v) is 5.82. The van der Waals surface area contributed by atoms with Crippen LogP contribution < -0.4 is 10.2 Å². The molecule has 0 saturated carbocycles. The lowest BCUT2D eigenvalue weighted by molar-refractivity contribution is -0.119. The lowest BCUT2D eigenvalue weighted by Gasteiger charge is -2.29. The van der Waals surface area contributed by atoms with Crippen molar-refractivity contribution in [1.82, 2.24) is 4.31 Å². The Kier molecular flexibility index (Phi) is 6.06. The summed E-state index contributed by atoms with van der Waals surface area (Å²) in [7, 11) is -3.86. The summed E-state index contributed by atoms with van der Waals surface area (Å²) in [5, 5.41) is 2.85. The fraction of sp³-hybridized carbons (Fsp3) is 0.409. The standard InChI is InChI=1S/C22H26FN3O3S/c23-17-6-12-20(13-7-17)30(28,29)26-16-4-5-21(26)22(27)24-18-8-10-19(11-9-18)25-14-2-1-3-15-25/h6-13,21H,1-5,14-16H2,(H,24,27)/t21-/m1/s1. The SMILES string of the molecule is O=C(Nc1ccc(N2CCCCC2)cc1)[C@H]1CCCN1S(=O)(=O)c1ccc(F)cc1. The first-order valence-corrected chi connectivity index (χ1v) is 11.8. The second-order valence-electron chi connectivity index (χ2n) is 7.81. The molecule has 0 aromatic heterocycles. The van der Waals surface area contributed by atoms with Crippen molar-refractivity contribution in [3.63, 3.8) is 0 Å². The van der Waals surface area contributed by atoms with Crippen molar-refractivity contribution >= 4 is 27.3 Å². The van der Waals surface area contributed by atoms with Crippen molar-refractivity contribution in [3.8, 4) is 0 Å². The van der Waals surface area contributed by atoms with Crippen LogP contribution in [0, 0.1) is 5.82 Å². The zero-order valence-corrected chi connectivity index (χ0v) is 17.6. The highest BCUT2D eigenvalue weighted by molar-refractivity contribution is 7.89. The third kappa shape index (κ3) is 4.34. The Hall–Kier alpha value is -2.45. The Morgan fingerprint density at radius 3 is 2.23 bits per heavy atom. The summed E-state index contributed by atoms with van der Waals surface area (Å²) in [4.78, 5) is 15.2. The first-order valence-electron chi connectivity index (χ1n) is 10.4. The van der Waals surface area contributed by atoms with E-state index in [2.05, 4.69) is 10.2 Å². The molecule has 2 saturated heterocycles. The Bertz CT molecular complexity index is 987. The van der Waals surface area contributed by atoms with Crippen LogP contribution in [0.3, 0.4) is 0 Å². The van der Waals surface area contributed by atoms with Crippen molar-refractivity contribution in [2.24, 2.45) is 0 Å². The van der Waals surface area contributed by atoms with E-state index in [0.29, 0.717) is 18.5 Å². The largest absolute Gasteiger partial charge is 0.372 e. The minimum atomic E-state index is -3.86. The van der Waals surface area contributed by atoms with Gasteiger partial charge in [-0.1, -0.05) is 0 Å². The number of nitrogens with one attached hydrogen (secondary N) is 1. The van der Waals surface area contributed by atoms with E-state index in [-0.39, 0.29) is 17.3 Å². The van der Waals surface area contributed by atoms with Crippen LogP contribution in [-0.2, 0) is 14.8 Å². The highest BCUT2D eigenvalue weighted by Crippen LogP contribution is 2.28. The molecule has 6 nitrogen and oxygen atoms in total. The molecule has 1 atom stereocenters. The van der Waals surface area contributed by atoms with E-state index < -0.39 is 21.9 Å². The molecule has 2 aliphatic heterocycles. The highest BCUT2D eigenvalue weighted by Gasteiger charge is 2.39. The smallest absolute Gasteiger partial charge is 0.243 e. The van der Waals surface area contributed by atoms with Crippen LogP contribution in [0.5, 0.6) is 0 Å². The molecule has 2 aromatic carbocycles. The molecule has 160 valence electrons. The van der Waals surface area contributed by atoms with E-state index >= 15 is 0 Å². The number of halogens is 1. The van der Waals surface area contributed by atoms with E-state index in [4.69, 9.17) is 0 Å². The third-order valence-corrected chi connectivity index (χ3v) is 7.71. The van der Waals surface area contributed by atoms with E-state index in [1.807, 2.05) is 24.3 Å². The Morgan fingerprint density at radius 1 is 0.900 bits per heavy atom. The van der Waals surface area contributed by atoms with Crippen molar-refractivity contribution in [3.05, 3.63) is 54.3 Å². The number of benzene rings is 2. The summed E-state index contributed by atoms with van der Waals surface area (Å²) < 4.78 is 40.3. The first-order chi connectivity index (χ1) is 14.4. The van der Waals surface area contributed by atoms with Crippen LogP contribution in [0.1, 0.15) is 32.1 Å². The van der Waals surface area contributed by atoms with Gasteiger partial charge in [-0.3, -0.25) is 4.79 Å². The zero-order chi connectivity index (χ0) is 21.1. The van der Waals surface area contributed by atoms with Crippen LogP contribution in [0.4, 0.5) is 15.8 Å². The second kappa shape index (κ2) is 8.73. The summed E-state index contributed by atoms with van der Waals surface area (Å²) in [6, 6.07) is 11.6. The monoisotopic (exact) mass is 431 g/mol. The molecule has 1 N–H and O–H groups in total. The Morgan fingerprint density at radius 2 is 1.57 bits per heavy atom. The highest BCUT2D eigenvalue weighted by atomic mass is 32.2. The van der Waals surface area contributed by atoms with Crippen LogP contribution in [0.25, 0.3) is 0 Å². The number of piperidine rings is 1. The molecule has 2 aromatic rings. The molecule has 0 radical (unpaired) electrons. The predicted molar refractivity (Wildman–Crippen MR) is 114 cm³/mol. The maximum Gasteiger partial charge on any atom is 0.243 e. The van der Waals surface area contributed by atoms with Crippen LogP contribution in [0.2, 0.25) is 0 Å². The molecule has 0 spiro atoms. The average molecular weight is 432 g/mol. The van der Waals surface area contributed by atoms with Crippen molar-refractivity contribution in [1.29, 1.82) is 0 Å². The molecular formula is C22H26FN3O3S. The van der Waals surface area contributed by atoms with Gasteiger partial charge in [0.1, 0.15) is 11.9 Å². The number of amides is 1. The minimum Gasteiger partial charge on any atom is -0.372 e. The van der Waals surface area contributed by atoms with Gasteiger partial charge in [0.15, 0.2) is 0 Å². The molecule has 2 heterocycles. The van der Waals surface area contributed by atoms with Gasteiger partial charge >= 0.3 is 0 Å². The van der Waals surface area contributed by atoms with Gasteiger partial charge in [0.05, 0.1) is 4.90 Å². The lowest BCUT2D eigenvalue weighted by atomic mass is 10.1. The molecule has 0 unspecified atom stereocenters. The lowest BCUT2D eigenvalue weighted by Crippen LogP contribution is -2.43. The number of sulfonamides is 1. The van der Waals surface area contributed by atoms with Gasteiger partial charge in [-0.05, 0) is 80.6 Å². The third-order valence-electron chi connectivity index (χ3n) is 5.78. The summed E-state index contributed by atoms with van der Waals surface area (Å²) >= 11 is 0. The molecule has 2 fully saturated rings. The van der Waals surface area contributed by atoms with Gasteiger partial charge in [-0.15, -0.1) is 0 Å². The summed E-state index contributed by atoms with van der Waals surface area (Å²) in [5.74, 6) is -0.846. The fourth-order valence-electron chi connectivity index (χ4n) is 4.17. The molecule has 0 bridgehead atoms. The Labute approximate surface area is 176 Å². The maximum atomic E-state index is 13.2. The van der Waals surface area contributed by atoms with Crippen molar-refractivity contribution in [2.75, 3.05) is 29.9 Å². The van der Waals surface area contributed by atoms with Crippen LogP contribution >= 0.6 is 0 Å². The number of carbonyl (C=O) groups is 1. The number of anilines is 2. The van der Waals surface area contributed by atoms with Gasteiger partial charge in [0.25, 0.3) is 0 Å². The van der Waals surface area contributed by atoms with Crippen molar-refractivity contribution in [2.45, 2.75) is 43.0 Å². The predicted octanol–water partition coefficient (Wildman–Crippen LogP) is 3.61. The number of rotatable bonds is 5. The molecule has 8 heteroatoms. The molecule has 0 aliphatic carbocycles. The van der Waals surface area contributed by atoms with Gasteiger partial charge in [0, 0.05) is 31.0 Å². The topological polar surface area (TPSA) is 69.7 Å². The summed E-state index contributed by atoms with van der Waals surface area (Å²) in [6.45, 7) is 2.36. The number of carbonyl (C=O) groups excluding carboxylic acids is 1. The van der Waals surface area contributed by atoms with E-state index in [1.165, 1.54) is 35.7 Å².